The van der Waals surface area contributed by atoms with Gasteiger partial charge in [-0.1, -0.05) is 22.9 Å². The average Bonchev–Trinajstić information content (AvgIpc) is 2.00. The Bertz CT molecular complexity index is 276. The lowest BCUT2D eigenvalue weighted by atomic mass is 10.2. The fraction of sp³-hybridized carbons (Fsp3) is 0.875. The maximum absolute atomic E-state index is 11.2. The molecule has 4 nitrogen and oxygen atoms in total. The van der Waals surface area contributed by atoms with Crippen LogP contribution in [-0.2, 0) is 14.6 Å². The number of sulfone groups is 1. The third-order valence-electron chi connectivity index (χ3n) is 1.71. The van der Waals surface area contributed by atoms with Gasteiger partial charge < -0.3 is 5.32 Å². The average molecular weight is 286 g/mol. The Labute approximate surface area is 93.5 Å². The zero-order chi connectivity index (χ0) is 11.2. The number of carbonyl (C=O) groups excluding carboxylic acids is 1. The molecule has 1 amide bonds. The summed E-state index contributed by atoms with van der Waals surface area (Å²) in [5, 5.41) is 3.47. The van der Waals surface area contributed by atoms with Crippen LogP contribution in [0.4, 0.5) is 0 Å². The van der Waals surface area contributed by atoms with Crippen LogP contribution in [0.1, 0.15) is 19.8 Å². The predicted molar refractivity (Wildman–Crippen MR) is 60.3 cm³/mol. The highest BCUT2D eigenvalue weighted by molar-refractivity contribution is 9.09. The molecule has 0 aromatic heterocycles. The molecule has 0 radical (unpaired) electrons. The number of amides is 1. The summed E-state index contributed by atoms with van der Waals surface area (Å²) in [5.74, 6) is -0.841. The van der Waals surface area contributed by atoms with E-state index in [2.05, 4.69) is 21.2 Å². The molecule has 14 heavy (non-hydrogen) atoms. The fourth-order valence-corrected chi connectivity index (χ4v) is 2.13. The van der Waals surface area contributed by atoms with Crippen molar-refractivity contribution in [2.45, 2.75) is 25.8 Å². The van der Waals surface area contributed by atoms with Crippen molar-refractivity contribution in [3.05, 3.63) is 0 Å². The molecular weight excluding hydrogens is 270 g/mol. The molecule has 84 valence electrons. The van der Waals surface area contributed by atoms with E-state index < -0.39 is 21.5 Å². The van der Waals surface area contributed by atoms with E-state index in [1.807, 2.05) is 6.92 Å². The Morgan fingerprint density at radius 1 is 1.50 bits per heavy atom. The second-order valence-electron chi connectivity index (χ2n) is 3.22. The van der Waals surface area contributed by atoms with Gasteiger partial charge in [-0.05, 0) is 12.8 Å². The Morgan fingerprint density at radius 2 is 2.07 bits per heavy atom. The molecule has 0 saturated carbocycles. The normalized spacial score (nSPS) is 13.6. The van der Waals surface area contributed by atoms with Gasteiger partial charge in [0.2, 0.25) is 5.91 Å². The Morgan fingerprint density at radius 3 is 2.43 bits per heavy atom. The molecule has 1 atom stereocenters. The van der Waals surface area contributed by atoms with Crippen LogP contribution in [0.2, 0.25) is 0 Å². The van der Waals surface area contributed by atoms with Crippen molar-refractivity contribution in [1.82, 2.24) is 5.32 Å². The molecule has 6 heteroatoms. The minimum atomic E-state index is -3.22. The topological polar surface area (TPSA) is 63.2 Å². The molecule has 0 spiro atoms. The van der Waals surface area contributed by atoms with E-state index in [1.165, 1.54) is 0 Å². The molecule has 0 aliphatic carbocycles. The number of nitrogens with one attached hydrogen (secondary N) is 1. The van der Waals surface area contributed by atoms with E-state index in [9.17, 15) is 13.2 Å². The smallest absolute Gasteiger partial charge is 0.235 e. The van der Waals surface area contributed by atoms with Crippen molar-refractivity contribution in [3.8, 4) is 0 Å². The highest BCUT2D eigenvalue weighted by Crippen LogP contribution is 2.00. The lowest BCUT2D eigenvalue weighted by Gasteiger charge is -2.14. The van der Waals surface area contributed by atoms with Crippen LogP contribution in [-0.4, -0.2) is 37.7 Å². The maximum atomic E-state index is 11.2. The van der Waals surface area contributed by atoms with Crippen molar-refractivity contribution in [2.75, 3.05) is 17.3 Å². The Kier molecular flexibility index (Phi) is 6.35. The molecule has 0 heterocycles. The lowest BCUT2D eigenvalue weighted by molar-refractivity contribution is -0.119. The summed E-state index contributed by atoms with van der Waals surface area (Å²) >= 11 is 3.27. The first kappa shape index (κ1) is 13.9. The lowest BCUT2D eigenvalue weighted by Crippen LogP contribution is -2.38. The van der Waals surface area contributed by atoms with Gasteiger partial charge in [0, 0.05) is 17.6 Å². The van der Waals surface area contributed by atoms with Crippen molar-refractivity contribution >= 4 is 31.7 Å². The van der Waals surface area contributed by atoms with E-state index in [1.54, 1.807) is 0 Å². The van der Waals surface area contributed by atoms with Gasteiger partial charge in [-0.3, -0.25) is 4.79 Å². The van der Waals surface area contributed by atoms with Crippen LogP contribution < -0.4 is 5.32 Å². The SMILES string of the molecule is CCC(CCBr)NC(=O)CS(C)(=O)=O. The first-order valence-electron chi connectivity index (χ1n) is 4.42. The molecule has 0 aliphatic rings. The highest BCUT2D eigenvalue weighted by Gasteiger charge is 2.14. The van der Waals surface area contributed by atoms with Gasteiger partial charge in [0.1, 0.15) is 5.75 Å². The van der Waals surface area contributed by atoms with Gasteiger partial charge in [0.25, 0.3) is 0 Å². The minimum absolute atomic E-state index is 0.0589. The molecule has 0 fully saturated rings. The summed E-state index contributed by atoms with van der Waals surface area (Å²) in [4.78, 5) is 11.2. The molecular formula is C8H16BrNO3S. The van der Waals surface area contributed by atoms with Gasteiger partial charge in [-0.2, -0.15) is 0 Å². The maximum Gasteiger partial charge on any atom is 0.235 e. The molecule has 0 bridgehead atoms. The number of carbonyl (C=O) groups is 1. The van der Waals surface area contributed by atoms with E-state index in [4.69, 9.17) is 0 Å². The number of alkyl halides is 1. The first-order valence-corrected chi connectivity index (χ1v) is 7.60. The molecule has 0 aromatic carbocycles. The second kappa shape index (κ2) is 6.40. The summed E-state index contributed by atoms with van der Waals surface area (Å²) in [6, 6.07) is 0.0589. The number of hydrogen-bond donors (Lipinski definition) is 1. The van der Waals surface area contributed by atoms with Gasteiger partial charge in [0.05, 0.1) is 0 Å². The zero-order valence-corrected chi connectivity index (χ0v) is 10.8. The third kappa shape index (κ3) is 7.32. The van der Waals surface area contributed by atoms with Crippen molar-refractivity contribution in [2.24, 2.45) is 0 Å². The van der Waals surface area contributed by atoms with Crippen LogP contribution in [0.25, 0.3) is 0 Å². The van der Waals surface area contributed by atoms with Gasteiger partial charge in [-0.15, -0.1) is 0 Å². The van der Waals surface area contributed by atoms with Crippen LogP contribution in [0, 0.1) is 0 Å². The molecule has 0 aliphatic heterocycles. The third-order valence-corrected chi connectivity index (χ3v) is 2.95. The van der Waals surface area contributed by atoms with Crippen LogP contribution in [0.3, 0.4) is 0 Å². The summed E-state index contributed by atoms with van der Waals surface area (Å²) in [5.41, 5.74) is 0. The van der Waals surface area contributed by atoms with Crippen LogP contribution in [0.15, 0.2) is 0 Å². The summed E-state index contributed by atoms with van der Waals surface area (Å²) in [7, 11) is -3.22. The Balaban J connectivity index is 4.03. The summed E-state index contributed by atoms with van der Waals surface area (Å²) < 4.78 is 21.6. The van der Waals surface area contributed by atoms with Crippen LogP contribution >= 0.6 is 15.9 Å². The second-order valence-corrected chi connectivity index (χ2v) is 6.15. The molecule has 1 N–H and O–H groups in total. The van der Waals surface area contributed by atoms with Gasteiger partial charge in [0.15, 0.2) is 9.84 Å². The zero-order valence-electron chi connectivity index (χ0n) is 8.42. The standard InChI is InChI=1S/C8H16BrNO3S/c1-3-7(4-5-9)10-8(11)6-14(2,12)13/h7H,3-6H2,1-2H3,(H,10,11). The molecule has 0 saturated heterocycles. The van der Waals surface area contributed by atoms with Gasteiger partial charge >= 0.3 is 0 Å². The minimum Gasteiger partial charge on any atom is -0.352 e. The van der Waals surface area contributed by atoms with Crippen molar-refractivity contribution < 1.29 is 13.2 Å². The van der Waals surface area contributed by atoms with Gasteiger partial charge in [-0.25, -0.2) is 8.42 Å². The van der Waals surface area contributed by atoms with E-state index >= 15 is 0 Å². The fourth-order valence-electron chi connectivity index (χ4n) is 1.02. The number of hydrogen-bond acceptors (Lipinski definition) is 3. The van der Waals surface area contributed by atoms with Crippen LogP contribution in [0.5, 0.6) is 0 Å². The highest BCUT2D eigenvalue weighted by atomic mass is 79.9. The quantitative estimate of drug-likeness (QED) is 0.731. The monoisotopic (exact) mass is 285 g/mol. The van der Waals surface area contributed by atoms with E-state index in [0.717, 1.165) is 24.4 Å². The summed E-state index contributed by atoms with van der Waals surface area (Å²) in [6.45, 7) is 1.95. The molecule has 1 unspecified atom stereocenters. The number of rotatable bonds is 6. The predicted octanol–water partition coefficient (Wildman–Crippen LogP) is 0.711. The van der Waals surface area contributed by atoms with E-state index in [-0.39, 0.29) is 6.04 Å². The van der Waals surface area contributed by atoms with E-state index in [0.29, 0.717) is 0 Å². The van der Waals surface area contributed by atoms with Crippen molar-refractivity contribution in [1.29, 1.82) is 0 Å². The summed E-state index contributed by atoms with van der Waals surface area (Å²) in [6.07, 6.45) is 2.67. The molecule has 0 rings (SSSR count). The first-order chi connectivity index (χ1) is 6.39. The largest absolute Gasteiger partial charge is 0.352 e. The van der Waals surface area contributed by atoms with Crippen molar-refractivity contribution in [3.63, 3.8) is 0 Å². The Hall–Kier alpha value is -0.100. The molecule has 0 aromatic rings. The number of halogens is 1.